The Bertz CT molecular complexity index is 321. The lowest BCUT2D eigenvalue weighted by molar-refractivity contribution is -0.120. The Balaban J connectivity index is 1.73. The van der Waals surface area contributed by atoms with Gasteiger partial charge >= 0.3 is 0 Å². The van der Waals surface area contributed by atoms with Crippen molar-refractivity contribution in [1.29, 1.82) is 0 Å². The number of thioether (sulfide) groups is 1. The van der Waals surface area contributed by atoms with Crippen LogP contribution in [0.5, 0.6) is 0 Å². The second kappa shape index (κ2) is 5.36. The molecule has 1 fully saturated rings. The van der Waals surface area contributed by atoms with Gasteiger partial charge in [-0.25, -0.2) is 0 Å². The van der Waals surface area contributed by atoms with Crippen molar-refractivity contribution in [2.24, 2.45) is 5.92 Å². The summed E-state index contributed by atoms with van der Waals surface area (Å²) in [5.74, 6) is 1.92. The SMILES string of the molecule is O=C1CCCC1CCSc1ccccc1. The first-order chi connectivity index (χ1) is 7.36. The molecule has 1 aliphatic carbocycles. The molecule has 1 saturated carbocycles. The molecule has 1 atom stereocenters. The maximum Gasteiger partial charge on any atom is 0.136 e. The normalized spacial score (nSPS) is 20.8. The van der Waals surface area contributed by atoms with Gasteiger partial charge in [-0.05, 0) is 37.1 Å². The molecule has 80 valence electrons. The van der Waals surface area contributed by atoms with Gasteiger partial charge in [0.15, 0.2) is 0 Å². The number of hydrogen-bond acceptors (Lipinski definition) is 2. The summed E-state index contributed by atoms with van der Waals surface area (Å²) in [6.45, 7) is 0. The Morgan fingerprint density at radius 3 is 2.73 bits per heavy atom. The van der Waals surface area contributed by atoms with E-state index in [0.29, 0.717) is 11.7 Å². The van der Waals surface area contributed by atoms with Crippen LogP contribution in [0.3, 0.4) is 0 Å². The lowest BCUT2D eigenvalue weighted by Gasteiger charge is -2.06. The molecule has 0 amide bonds. The maximum absolute atomic E-state index is 11.4. The van der Waals surface area contributed by atoms with Crippen molar-refractivity contribution in [3.63, 3.8) is 0 Å². The van der Waals surface area contributed by atoms with Crippen molar-refractivity contribution in [3.05, 3.63) is 30.3 Å². The fourth-order valence-electron chi connectivity index (χ4n) is 2.03. The number of benzene rings is 1. The number of Topliss-reactive ketones (excluding diaryl/α,β-unsaturated/α-hetero) is 1. The van der Waals surface area contributed by atoms with Crippen molar-refractivity contribution >= 4 is 17.5 Å². The van der Waals surface area contributed by atoms with Crippen LogP contribution in [-0.2, 0) is 4.79 Å². The van der Waals surface area contributed by atoms with E-state index in [2.05, 4.69) is 24.3 Å². The topological polar surface area (TPSA) is 17.1 Å². The van der Waals surface area contributed by atoms with Gasteiger partial charge in [0.25, 0.3) is 0 Å². The molecule has 0 radical (unpaired) electrons. The highest BCUT2D eigenvalue weighted by atomic mass is 32.2. The summed E-state index contributed by atoms with van der Waals surface area (Å²) >= 11 is 1.86. The molecule has 0 heterocycles. The van der Waals surface area contributed by atoms with Gasteiger partial charge in [-0.3, -0.25) is 4.79 Å². The fraction of sp³-hybridized carbons (Fsp3) is 0.462. The lowest BCUT2D eigenvalue weighted by Crippen LogP contribution is -2.06. The van der Waals surface area contributed by atoms with E-state index in [4.69, 9.17) is 0 Å². The standard InChI is InChI=1S/C13H16OS/c14-13-8-4-5-11(13)9-10-15-12-6-2-1-3-7-12/h1-3,6-7,11H,4-5,8-10H2. The third-order valence-corrected chi connectivity index (χ3v) is 3.95. The third kappa shape index (κ3) is 3.10. The maximum atomic E-state index is 11.4. The van der Waals surface area contributed by atoms with E-state index in [1.165, 1.54) is 4.90 Å². The Morgan fingerprint density at radius 1 is 1.27 bits per heavy atom. The average Bonchev–Trinajstić information content (AvgIpc) is 2.66. The first kappa shape index (κ1) is 10.7. The zero-order valence-corrected chi connectivity index (χ0v) is 9.63. The van der Waals surface area contributed by atoms with Crippen LogP contribution >= 0.6 is 11.8 Å². The molecule has 0 N–H and O–H groups in total. The van der Waals surface area contributed by atoms with Crippen molar-refractivity contribution in [2.75, 3.05) is 5.75 Å². The predicted molar refractivity (Wildman–Crippen MR) is 64.1 cm³/mol. The minimum absolute atomic E-state index is 0.362. The Morgan fingerprint density at radius 2 is 2.07 bits per heavy atom. The van der Waals surface area contributed by atoms with E-state index in [-0.39, 0.29) is 0 Å². The number of rotatable bonds is 4. The average molecular weight is 220 g/mol. The minimum Gasteiger partial charge on any atom is -0.299 e. The highest BCUT2D eigenvalue weighted by Crippen LogP contribution is 2.27. The van der Waals surface area contributed by atoms with Crippen LogP contribution in [0, 0.1) is 5.92 Å². The molecule has 0 aliphatic heterocycles. The van der Waals surface area contributed by atoms with E-state index in [0.717, 1.165) is 31.4 Å². The first-order valence-corrected chi connectivity index (χ1v) is 6.55. The zero-order chi connectivity index (χ0) is 10.5. The molecule has 1 nitrogen and oxygen atoms in total. The molecule has 0 saturated heterocycles. The van der Waals surface area contributed by atoms with Crippen LogP contribution in [0.1, 0.15) is 25.7 Å². The van der Waals surface area contributed by atoms with Gasteiger partial charge in [-0.15, -0.1) is 11.8 Å². The predicted octanol–water partition coefficient (Wildman–Crippen LogP) is 3.54. The molecule has 1 aromatic rings. The number of carbonyl (C=O) groups excluding carboxylic acids is 1. The van der Waals surface area contributed by atoms with Crippen LogP contribution in [0.2, 0.25) is 0 Å². The molecular weight excluding hydrogens is 204 g/mol. The minimum atomic E-state index is 0.362. The Hall–Kier alpha value is -0.760. The smallest absolute Gasteiger partial charge is 0.136 e. The van der Waals surface area contributed by atoms with Gasteiger partial charge in [0, 0.05) is 17.2 Å². The van der Waals surface area contributed by atoms with Gasteiger partial charge in [-0.1, -0.05) is 18.2 Å². The van der Waals surface area contributed by atoms with Crippen LogP contribution in [-0.4, -0.2) is 11.5 Å². The highest BCUT2D eigenvalue weighted by molar-refractivity contribution is 7.99. The summed E-state index contributed by atoms with van der Waals surface area (Å²) in [5.41, 5.74) is 0. The monoisotopic (exact) mass is 220 g/mol. The molecule has 15 heavy (non-hydrogen) atoms. The van der Waals surface area contributed by atoms with Crippen LogP contribution in [0.4, 0.5) is 0 Å². The molecule has 2 heteroatoms. The highest BCUT2D eigenvalue weighted by Gasteiger charge is 2.23. The van der Waals surface area contributed by atoms with Gasteiger partial charge in [0.2, 0.25) is 0 Å². The van der Waals surface area contributed by atoms with Gasteiger partial charge < -0.3 is 0 Å². The summed E-state index contributed by atoms with van der Waals surface area (Å²) in [6, 6.07) is 10.4. The van der Waals surface area contributed by atoms with Crippen molar-refractivity contribution in [3.8, 4) is 0 Å². The molecule has 1 aromatic carbocycles. The van der Waals surface area contributed by atoms with Crippen LogP contribution in [0.15, 0.2) is 35.2 Å². The van der Waals surface area contributed by atoms with Gasteiger partial charge in [0.1, 0.15) is 5.78 Å². The number of hydrogen-bond donors (Lipinski definition) is 0. The molecular formula is C13H16OS. The van der Waals surface area contributed by atoms with E-state index < -0.39 is 0 Å². The van der Waals surface area contributed by atoms with E-state index >= 15 is 0 Å². The van der Waals surface area contributed by atoms with E-state index in [9.17, 15) is 4.79 Å². The lowest BCUT2D eigenvalue weighted by atomic mass is 10.1. The largest absolute Gasteiger partial charge is 0.299 e. The molecule has 0 aromatic heterocycles. The second-order valence-electron chi connectivity index (χ2n) is 4.01. The summed E-state index contributed by atoms with van der Waals surface area (Å²) in [7, 11) is 0. The molecule has 1 aliphatic rings. The number of ketones is 1. The molecule has 1 unspecified atom stereocenters. The van der Waals surface area contributed by atoms with Gasteiger partial charge in [0.05, 0.1) is 0 Å². The zero-order valence-electron chi connectivity index (χ0n) is 8.82. The summed E-state index contributed by atoms with van der Waals surface area (Å²) in [6.07, 6.45) is 4.10. The summed E-state index contributed by atoms with van der Waals surface area (Å²) in [5, 5.41) is 0. The quantitative estimate of drug-likeness (QED) is 0.722. The summed E-state index contributed by atoms with van der Waals surface area (Å²) < 4.78 is 0. The van der Waals surface area contributed by atoms with Crippen LogP contribution in [0.25, 0.3) is 0 Å². The van der Waals surface area contributed by atoms with Crippen LogP contribution < -0.4 is 0 Å². The third-order valence-electron chi connectivity index (χ3n) is 2.91. The molecule has 0 spiro atoms. The fourth-order valence-corrected chi connectivity index (χ4v) is 3.02. The van der Waals surface area contributed by atoms with Crippen molar-refractivity contribution < 1.29 is 4.79 Å². The van der Waals surface area contributed by atoms with E-state index in [1.807, 2.05) is 17.8 Å². The molecule has 2 rings (SSSR count). The molecule has 0 bridgehead atoms. The van der Waals surface area contributed by atoms with Gasteiger partial charge in [-0.2, -0.15) is 0 Å². The summed E-state index contributed by atoms with van der Waals surface area (Å²) in [4.78, 5) is 12.7. The second-order valence-corrected chi connectivity index (χ2v) is 5.17. The Labute approximate surface area is 95.3 Å². The Kier molecular flexibility index (Phi) is 3.84. The van der Waals surface area contributed by atoms with Crippen molar-refractivity contribution in [2.45, 2.75) is 30.6 Å². The first-order valence-electron chi connectivity index (χ1n) is 5.57. The van der Waals surface area contributed by atoms with E-state index in [1.54, 1.807) is 0 Å². The van der Waals surface area contributed by atoms with Crippen molar-refractivity contribution in [1.82, 2.24) is 0 Å². The number of carbonyl (C=O) groups is 1.